The summed E-state index contributed by atoms with van der Waals surface area (Å²) in [5.74, 6) is -1.54. The molecule has 0 fully saturated rings. The minimum absolute atomic E-state index is 0.361. The van der Waals surface area contributed by atoms with E-state index < -0.39 is 11.8 Å². The molecule has 0 bridgehead atoms. The lowest BCUT2D eigenvalue weighted by atomic mass is 10.1. The summed E-state index contributed by atoms with van der Waals surface area (Å²) in [5, 5.41) is 5.86. The van der Waals surface area contributed by atoms with Crippen LogP contribution in [0.25, 0.3) is 0 Å². The number of anilines is 2. The van der Waals surface area contributed by atoms with Crippen LogP contribution in [-0.4, -0.2) is 11.8 Å². The van der Waals surface area contributed by atoms with E-state index in [1.54, 1.807) is 0 Å². The Morgan fingerprint density at radius 3 is 1.78 bits per heavy atom. The molecule has 0 radical (unpaired) electrons. The van der Waals surface area contributed by atoms with Crippen LogP contribution in [0.15, 0.2) is 30.3 Å². The third-order valence-electron chi connectivity index (χ3n) is 3.24. The van der Waals surface area contributed by atoms with Crippen LogP contribution in [0.4, 0.5) is 11.4 Å². The number of rotatable bonds is 2. The van der Waals surface area contributed by atoms with Gasteiger partial charge in [-0.25, -0.2) is 0 Å². The van der Waals surface area contributed by atoms with Gasteiger partial charge < -0.3 is 10.6 Å². The Balaban J connectivity index is 2.13. The van der Waals surface area contributed by atoms with Crippen LogP contribution in [0.1, 0.15) is 16.7 Å². The van der Waals surface area contributed by atoms with Crippen molar-refractivity contribution < 1.29 is 9.59 Å². The van der Waals surface area contributed by atoms with E-state index in [1.165, 1.54) is 18.2 Å². The fourth-order valence-electron chi connectivity index (χ4n) is 2.36. The van der Waals surface area contributed by atoms with E-state index in [4.69, 9.17) is 23.2 Å². The predicted molar refractivity (Wildman–Crippen MR) is 94.4 cm³/mol. The van der Waals surface area contributed by atoms with Gasteiger partial charge in [-0.15, -0.1) is 0 Å². The number of amides is 2. The van der Waals surface area contributed by atoms with Crippen LogP contribution in [-0.2, 0) is 9.59 Å². The van der Waals surface area contributed by atoms with E-state index in [2.05, 4.69) is 10.6 Å². The van der Waals surface area contributed by atoms with Gasteiger partial charge in [0.15, 0.2) is 0 Å². The average molecular weight is 351 g/mol. The zero-order valence-corrected chi connectivity index (χ0v) is 14.5. The van der Waals surface area contributed by atoms with Gasteiger partial charge in [0.1, 0.15) is 0 Å². The summed E-state index contributed by atoms with van der Waals surface area (Å²) >= 11 is 11.7. The van der Waals surface area contributed by atoms with Crippen molar-refractivity contribution in [3.63, 3.8) is 0 Å². The molecule has 2 aromatic carbocycles. The third kappa shape index (κ3) is 4.47. The first-order chi connectivity index (χ1) is 10.8. The molecule has 0 aliphatic rings. The normalized spacial score (nSPS) is 10.3. The minimum atomic E-state index is -0.789. The highest BCUT2D eigenvalue weighted by molar-refractivity contribution is 6.44. The van der Waals surface area contributed by atoms with Gasteiger partial charge in [-0.3, -0.25) is 9.59 Å². The highest BCUT2D eigenvalue weighted by Crippen LogP contribution is 2.23. The van der Waals surface area contributed by atoms with E-state index in [9.17, 15) is 9.59 Å². The number of halogens is 2. The second-order valence-electron chi connectivity index (χ2n) is 5.34. The Morgan fingerprint density at radius 2 is 1.26 bits per heavy atom. The summed E-state index contributed by atoms with van der Waals surface area (Å²) < 4.78 is 0. The van der Waals surface area contributed by atoms with Crippen LogP contribution in [0.5, 0.6) is 0 Å². The molecule has 120 valence electrons. The molecular formula is C17H16Cl2N2O2. The Labute approximate surface area is 144 Å². The van der Waals surface area contributed by atoms with Crippen molar-refractivity contribution in [3.05, 3.63) is 57.1 Å². The predicted octanol–water partition coefficient (Wildman–Crippen LogP) is 4.50. The summed E-state index contributed by atoms with van der Waals surface area (Å²) in [6.45, 7) is 5.73. The molecule has 0 spiro atoms. The van der Waals surface area contributed by atoms with Gasteiger partial charge in [-0.2, -0.15) is 0 Å². The van der Waals surface area contributed by atoms with Crippen LogP contribution in [0, 0.1) is 20.8 Å². The van der Waals surface area contributed by atoms with Gasteiger partial charge in [-0.1, -0.05) is 40.9 Å². The van der Waals surface area contributed by atoms with E-state index in [0.717, 1.165) is 16.7 Å². The number of carbonyl (C=O) groups is 2. The molecule has 2 rings (SSSR count). The molecule has 0 aliphatic carbocycles. The van der Waals surface area contributed by atoms with Crippen molar-refractivity contribution in [3.8, 4) is 0 Å². The second-order valence-corrected chi connectivity index (χ2v) is 6.21. The van der Waals surface area contributed by atoms with Gasteiger partial charge in [0.2, 0.25) is 0 Å². The third-order valence-corrected chi connectivity index (χ3v) is 3.68. The van der Waals surface area contributed by atoms with Crippen molar-refractivity contribution >= 4 is 46.4 Å². The van der Waals surface area contributed by atoms with E-state index in [1.807, 2.05) is 32.9 Å². The fraction of sp³-hybridized carbons (Fsp3) is 0.176. The van der Waals surface area contributed by atoms with Crippen molar-refractivity contribution in [1.29, 1.82) is 0 Å². The fourth-order valence-corrected chi connectivity index (χ4v) is 2.89. The van der Waals surface area contributed by atoms with Crippen LogP contribution >= 0.6 is 23.2 Å². The van der Waals surface area contributed by atoms with Gasteiger partial charge in [-0.05, 0) is 50.1 Å². The standard InChI is InChI=1S/C17H16Cl2N2O2/c1-9-4-10(2)15(11(3)5-9)21-17(23)16(22)20-14-7-12(18)6-13(19)8-14/h4-8H,1-3H3,(H,20,22)(H,21,23). The largest absolute Gasteiger partial charge is 0.318 e. The average Bonchev–Trinajstić information content (AvgIpc) is 2.41. The summed E-state index contributed by atoms with van der Waals surface area (Å²) in [4.78, 5) is 24.1. The smallest absolute Gasteiger partial charge is 0.314 e. The lowest BCUT2D eigenvalue weighted by Crippen LogP contribution is -2.29. The minimum Gasteiger partial charge on any atom is -0.318 e. The van der Waals surface area contributed by atoms with Crippen molar-refractivity contribution in [1.82, 2.24) is 0 Å². The van der Waals surface area contributed by atoms with E-state index in [-0.39, 0.29) is 0 Å². The molecule has 2 aromatic rings. The molecule has 0 heterocycles. The quantitative estimate of drug-likeness (QED) is 0.783. The summed E-state index contributed by atoms with van der Waals surface area (Å²) in [5.41, 5.74) is 3.89. The summed E-state index contributed by atoms with van der Waals surface area (Å²) in [6, 6.07) is 8.45. The molecule has 0 atom stereocenters. The molecule has 2 N–H and O–H groups in total. The lowest BCUT2D eigenvalue weighted by Gasteiger charge is -2.13. The number of hydrogen-bond donors (Lipinski definition) is 2. The number of aryl methyl sites for hydroxylation is 3. The molecule has 6 heteroatoms. The first-order valence-electron chi connectivity index (χ1n) is 6.92. The van der Waals surface area contributed by atoms with Crippen LogP contribution in [0.2, 0.25) is 10.0 Å². The highest BCUT2D eigenvalue weighted by atomic mass is 35.5. The van der Waals surface area contributed by atoms with Gasteiger partial charge in [0.25, 0.3) is 0 Å². The zero-order chi connectivity index (χ0) is 17.1. The number of hydrogen-bond acceptors (Lipinski definition) is 2. The highest BCUT2D eigenvalue weighted by Gasteiger charge is 2.16. The van der Waals surface area contributed by atoms with Gasteiger partial charge in [0.05, 0.1) is 0 Å². The maximum absolute atomic E-state index is 12.1. The topological polar surface area (TPSA) is 58.2 Å². The number of benzene rings is 2. The molecule has 0 unspecified atom stereocenters. The van der Waals surface area contributed by atoms with Crippen molar-refractivity contribution in [2.45, 2.75) is 20.8 Å². The number of carbonyl (C=O) groups excluding carboxylic acids is 2. The monoisotopic (exact) mass is 350 g/mol. The number of nitrogens with one attached hydrogen (secondary N) is 2. The van der Waals surface area contributed by atoms with E-state index in [0.29, 0.717) is 21.4 Å². The molecule has 2 amide bonds. The molecule has 4 nitrogen and oxygen atoms in total. The SMILES string of the molecule is Cc1cc(C)c(NC(=O)C(=O)Nc2cc(Cl)cc(Cl)c2)c(C)c1. The molecule has 23 heavy (non-hydrogen) atoms. The summed E-state index contributed by atoms with van der Waals surface area (Å²) in [6.07, 6.45) is 0. The summed E-state index contributed by atoms with van der Waals surface area (Å²) in [7, 11) is 0. The second kappa shape index (κ2) is 7.02. The molecule has 0 saturated heterocycles. The molecule has 0 aliphatic heterocycles. The zero-order valence-electron chi connectivity index (χ0n) is 13.0. The lowest BCUT2D eigenvalue weighted by molar-refractivity contribution is -0.133. The maximum atomic E-state index is 12.1. The van der Waals surface area contributed by atoms with Gasteiger partial charge in [0, 0.05) is 21.4 Å². The van der Waals surface area contributed by atoms with Crippen molar-refractivity contribution in [2.75, 3.05) is 10.6 Å². The van der Waals surface area contributed by atoms with Crippen LogP contribution in [0.3, 0.4) is 0 Å². The Hall–Kier alpha value is -2.04. The molecular weight excluding hydrogens is 335 g/mol. The Bertz CT molecular complexity index is 745. The van der Waals surface area contributed by atoms with E-state index >= 15 is 0 Å². The van der Waals surface area contributed by atoms with Crippen LogP contribution < -0.4 is 10.6 Å². The maximum Gasteiger partial charge on any atom is 0.314 e. The molecule has 0 saturated carbocycles. The Kier molecular flexibility index (Phi) is 5.29. The van der Waals surface area contributed by atoms with Gasteiger partial charge >= 0.3 is 11.8 Å². The molecule has 0 aromatic heterocycles. The first-order valence-corrected chi connectivity index (χ1v) is 7.68. The van der Waals surface area contributed by atoms with Crippen molar-refractivity contribution in [2.24, 2.45) is 0 Å². The Morgan fingerprint density at radius 1 is 0.783 bits per heavy atom. The first kappa shape index (κ1) is 17.3.